The quantitative estimate of drug-likeness (QED) is 0.720. The van der Waals surface area contributed by atoms with E-state index in [1.807, 2.05) is 0 Å². The van der Waals surface area contributed by atoms with Crippen molar-refractivity contribution in [3.05, 3.63) is 16.0 Å². The lowest BCUT2D eigenvalue weighted by molar-refractivity contribution is -0.136. The van der Waals surface area contributed by atoms with Gasteiger partial charge in [-0.25, -0.2) is 0 Å². The summed E-state index contributed by atoms with van der Waals surface area (Å²) in [5, 5.41) is 10.2. The summed E-state index contributed by atoms with van der Waals surface area (Å²) < 4.78 is 0. The van der Waals surface area contributed by atoms with Crippen LogP contribution in [-0.4, -0.2) is 5.78 Å². The van der Waals surface area contributed by atoms with E-state index >= 15 is 0 Å². The molecule has 4 aliphatic carbocycles. The Hall–Kier alpha value is -1.34. The van der Waals surface area contributed by atoms with Gasteiger partial charge in [0.1, 0.15) is 16.9 Å². The number of anilines is 1. The molecule has 6 atom stereocenters. The van der Waals surface area contributed by atoms with Crippen molar-refractivity contribution < 1.29 is 4.79 Å². The molecule has 0 spiro atoms. The molecular weight excluding hydrogens is 340 g/mol. The number of hydrogen-bond donors (Lipinski definition) is 1. The Bertz CT molecular complexity index is 836. The van der Waals surface area contributed by atoms with Gasteiger partial charge in [0.05, 0.1) is 5.56 Å². The van der Waals surface area contributed by atoms with Crippen LogP contribution in [0.1, 0.15) is 68.4 Å². The topological polar surface area (TPSA) is 66.9 Å². The first kappa shape index (κ1) is 16.8. The minimum atomic E-state index is -0.0362. The molecule has 1 aromatic rings. The molecule has 4 heteroatoms. The Morgan fingerprint density at radius 3 is 2.77 bits per heavy atom. The number of Topliss-reactive ketones (excluding diaryl/α,β-unsaturated/α-hetero) is 1. The van der Waals surface area contributed by atoms with Gasteiger partial charge in [0.25, 0.3) is 0 Å². The van der Waals surface area contributed by atoms with Crippen molar-refractivity contribution in [1.82, 2.24) is 0 Å². The van der Waals surface area contributed by atoms with Crippen LogP contribution >= 0.6 is 11.3 Å². The fourth-order valence-electron chi connectivity index (χ4n) is 7.52. The van der Waals surface area contributed by atoms with E-state index in [-0.39, 0.29) is 5.41 Å². The Labute approximate surface area is 160 Å². The van der Waals surface area contributed by atoms with E-state index in [1.54, 1.807) is 11.3 Å². The molecule has 0 bridgehead atoms. The lowest BCUT2D eigenvalue weighted by atomic mass is 9.45. The Morgan fingerprint density at radius 2 is 2.00 bits per heavy atom. The average molecular weight is 369 g/mol. The van der Waals surface area contributed by atoms with Crippen molar-refractivity contribution in [2.75, 3.05) is 5.73 Å². The summed E-state index contributed by atoms with van der Waals surface area (Å²) >= 11 is 1.66. The highest BCUT2D eigenvalue weighted by Gasteiger charge is 2.60. The van der Waals surface area contributed by atoms with E-state index < -0.39 is 0 Å². The molecule has 26 heavy (non-hydrogen) atoms. The van der Waals surface area contributed by atoms with Crippen molar-refractivity contribution in [3.63, 3.8) is 0 Å². The number of nitrogens with zero attached hydrogens (tertiary/aromatic N) is 1. The molecule has 2 N–H and O–H groups in total. The highest BCUT2D eigenvalue weighted by atomic mass is 32.1. The first-order valence-corrected chi connectivity index (χ1v) is 11.0. The third-order valence-corrected chi connectivity index (χ3v) is 10.1. The molecule has 0 amide bonds. The van der Waals surface area contributed by atoms with Crippen molar-refractivity contribution in [2.45, 2.75) is 65.2 Å². The van der Waals surface area contributed by atoms with Gasteiger partial charge in [-0.3, -0.25) is 4.79 Å². The van der Waals surface area contributed by atoms with E-state index in [4.69, 9.17) is 5.73 Å². The fourth-order valence-corrected chi connectivity index (χ4v) is 8.75. The SMILES string of the molecule is C[C@]12Cc3sc(N)c(C#N)c3C[C@@H]1CC[C@H]1[C@@H]2CC[C@]2(C)C(=O)CC[C@@H]12. The van der Waals surface area contributed by atoms with Gasteiger partial charge < -0.3 is 5.73 Å². The third kappa shape index (κ3) is 1.96. The average Bonchev–Trinajstić information content (AvgIpc) is 3.07. The summed E-state index contributed by atoms with van der Waals surface area (Å²) in [6.45, 7) is 4.77. The summed E-state index contributed by atoms with van der Waals surface area (Å²) in [6, 6.07) is 2.36. The smallest absolute Gasteiger partial charge is 0.139 e. The van der Waals surface area contributed by atoms with Crippen LogP contribution in [0.25, 0.3) is 0 Å². The second-order valence-electron chi connectivity index (χ2n) is 9.81. The zero-order valence-corrected chi connectivity index (χ0v) is 16.6. The van der Waals surface area contributed by atoms with Gasteiger partial charge in [0, 0.05) is 16.7 Å². The van der Waals surface area contributed by atoms with E-state index in [9.17, 15) is 10.1 Å². The van der Waals surface area contributed by atoms with Crippen LogP contribution in [-0.2, 0) is 17.6 Å². The molecule has 0 unspecified atom stereocenters. The van der Waals surface area contributed by atoms with E-state index in [0.717, 1.165) is 49.5 Å². The van der Waals surface area contributed by atoms with Crippen molar-refractivity contribution >= 4 is 22.1 Å². The predicted molar refractivity (Wildman–Crippen MR) is 104 cm³/mol. The van der Waals surface area contributed by atoms with Crippen LogP contribution in [0.3, 0.4) is 0 Å². The lowest BCUT2D eigenvalue weighted by Crippen LogP contribution is -2.54. The van der Waals surface area contributed by atoms with Crippen molar-refractivity contribution in [3.8, 4) is 6.07 Å². The van der Waals surface area contributed by atoms with Gasteiger partial charge in [-0.05, 0) is 79.6 Å². The zero-order valence-electron chi connectivity index (χ0n) is 15.8. The number of fused-ring (bicyclic) bond motifs is 6. The molecule has 3 saturated carbocycles. The summed E-state index contributed by atoms with van der Waals surface area (Å²) in [7, 11) is 0. The molecule has 3 fully saturated rings. The highest BCUT2D eigenvalue weighted by molar-refractivity contribution is 7.16. The highest BCUT2D eigenvalue weighted by Crippen LogP contribution is 2.65. The third-order valence-electron chi connectivity index (χ3n) is 9.00. The largest absolute Gasteiger partial charge is 0.389 e. The maximum Gasteiger partial charge on any atom is 0.139 e. The predicted octanol–water partition coefficient (Wildman–Crippen LogP) is 4.73. The maximum absolute atomic E-state index is 12.6. The minimum absolute atomic E-state index is 0.0362. The molecule has 0 saturated heterocycles. The summed E-state index contributed by atoms with van der Waals surface area (Å²) in [5.41, 5.74) is 8.45. The molecule has 0 radical (unpaired) electrons. The molecule has 4 aliphatic rings. The maximum atomic E-state index is 12.6. The fraction of sp³-hybridized carbons (Fsp3) is 0.727. The van der Waals surface area contributed by atoms with Gasteiger partial charge in [-0.1, -0.05) is 13.8 Å². The first-order valence-electron chi connectivity index (χ1n) is 10.2. The number of nitrogen functional groups attached to an aromatic ring is 1. The Morgan fingerprint density at radius 1 is 1.19 bits per heavy atom. The summed E-state index contributed by atoms with van der Waals surface area (Å²) in [5.74, 6) is 3.25. The van der Waals surface area contributed by atoms with Crippen LogP contribution in [0.5, 0.6) is 0 Å². The van der Waals surface area contributed by atoms with Crippen LogP contribution in [0, 0.1) is 45.8 Å². The monoisotopic (exact) mass is 368 g/mol. The number of rotatable bonds is 0. The number of carbonyl (C=O) groups excluding carboxylic acids is 1. The van der Waals surface area contributed by atoms with Crippen LogP contribution in [0.2, 0.25) is 0 Å². The van der Waals surface area contributed by atoms with Gasteiger partial charge in [-0.15, -0.1) is 11.3 Å². The molecular formula is C22H28N2OS. The second-order valence-corrected chi connectivity index (χ2v) is 10.9. The standard InChI is InChI=1S/C22H28N2OS/c1-21-8-7-17-13(16(21)5-6-19(21)25)4-3-12-9-14-15(11-23)20(24)26-18(14)10-22(12,17)2/h12-13,16-17H,3-10,24H2,1-2H3/t12-,13+,16-,17-,21-,22-/m0/s1. The minimum Gasteiger partial charge on any atom is -0.389 e. The molecule has 138 valence electrons. The van der Waals surface area contributed by atoms with Crippen molar-refractivity contribution in [2.24, 2.45) is 34.5 Å². The number of ketones is 1. The van der Waals surface area contributed by atoms with Crippen LogP contribution < -0.4 is 5.73 Å². The van der Waals surface area contributed by atoms with Crippen LogP contribution in [0.15, 0.2) is 0 Å². The number of hydrogen-bond acceptors (Lipinski definition) is 4. The van der Waals surface area contributed by atoms with E-state index in [1.165, 1.54) is 29.7 Å². The molecule has 0 aromatic carbocycles. The van der Waals surface area contributed by atoms with Gasteiger partial charge in [-0.2, -0.15) is 5.26 Å². The number of thiophene rings is 1. The van der Waals surface area contributed by atoms with Gasteiger partial charge >= 0.3 is 0 Å². The number of nitrogens with two attached hydrogens (primary N) is 1. The van der Waals surface area contributed by atoms with Gasteiger partial charge in [0.2, 0.25) is 0 Å². The number of nitriles is 1. The van der Waals surface area contributed by atoms with E-state index in [2.05, 4.69) is 19.9 Å². The van der Waals surface area contributed by atoms with Crippen LogP contribution in [0.4, 0.5) is 5.00 Å². The van der Waals surface area contributed by atoms with Crippen molar-refractivity contribution in [1.29, 1.82) is 5.26 Å². The van der Waals surface area contributed by atoms with Gasteiger partial charge in [0.15, 0.2) is 0 Å². The molecule has 0 aliphatic heterocycles. The normalized spacial score (nSPS) is 43.8. The summed E-state index contributed by atoms with van der Waals surface area (Å²) in [6.07, 6.45) is 8.86. The Kier molecular flexibility index (Phi) is 3.46. The molecule has 3 nitrogen and oxygen atoms in total. The zero-order chi connectivity index (χ0) is 18.3. The first-order chi connectivity index (χ1) is 12.4. The lowest BCUT2D eigenvalue weighted by Gasteiger charge is -2.59. The second kappa shape index (κ2) is 5.35. The summed E-state index contributed by atoms with van der Waals surface area (Å²) in [4.78, 5) is 13.9. The number of carbonyl (C=O) groups is 1. The molecule has 5 rings (SSSR count). The Balaban J connectivity index is 1.52. The van der Waals surface area contributed by atoms with E-state index in [0.29, 0.717) is 28.0 Å². The molecule has 1 aromatic heterocycles. The molecule has 1 heterocycles.